The lowest BCUT2D eigenvalue weighted by Crippen LogP contribution is -2.14. The van der Waals surface area contributed by atoms with Crippen molar-refractivity contribution in [3.8, 4) is 0 Å². The highest BCUT2D eigenvalue weighted by Gasteiger charge is 2.16. The zero-order valence-corrected chi connectivity index (χ0v) is 29.2. The van der Waals surface area contributed by atoms with Gasteiger partial charge in [-0.1, -0.05) is 24.3 Å². The average molecular weight is 753 g/mol. The molecule has 2 amide bonds. The summed E-state index contributed by atoms with van der Waals surface area (Å²) in [5.41, 5.74) is 4.20. The van der Waals surface area contributed by atoms with Gasteiger partial charge in [0, 0.05) is 33.9 Å². The number of sulfonamides is 2. The standard InChI is InChI=1S/C39H30F2N4O6S2/c40-30-9-21-36(22-10-30)52(48,49)44-34-17-5-28(6-18-34)38(46)42-32-13-1-26(2-14-32)25-27-3-15-33(16-4-27)43-39(47)29-7-19-35(20-8-29)45-53(50,51)37-23-11-31(41)12-24-37/h1-24,44-45H,25H2,(H,42,46)(H,43,47). The molecule has 0 unspecified atom stereocenters. The molecule has 0 aliphatic heterocycles. The minimum atomic E-state index is -3.93. The van der Waals surface area contributed by atoms with Crippen LogP contribution in [-0.2, 0) is 26.5 Å². The summed E-state index contributed by atoms with van der Waals surface area (Å²) in [5.74, 6) is -1.87. The Morgan fingerprint density at radius 1 is 0.415 bits per heavy atom. The van der Waals surface area contributed by atoms with Crippen molar-refractivity contribution in [2.24, 2.45) is 0 Å². The van der Waals surface area contributed by atoms with Crippen molar-refractivity contribution in [1.82, 2.24) is 0 Å². The molecule has 0 heterocycles. The maximum Gasteiger partial charge on any atom is 0.261 e. The fourth-order valence-electron chi connectivity index (χ4n) is 5.09. The van der Waals surface area contributed by atoms with Crippen LogP contribution in [0.25, 0.3) is 0 Å². The predicted molar refractivity (Wildman–Crippen MR) is 199 cm³/mol. The number of halogens is 2. The van der Waals surface area contributed by atoms with E-state index in [2.05, 4.69) is 20.1 Å². The molecule has 14 heteroatoms. The van der Waals surface area contributed by atoms with Gasteiger partial charge in [-0.2, -0.15) is 0 Å². The molecular weight excluding hydrogens is 723 g/mol. The quantitative estimate of drug-likeness (QED) is 0.101. The van der Waals surface area contributed by atoms with Crippen molar-refractivity contribution in [1.29, 1.82) is 0 Å². The van der Waals surface area contributed by atoms with Crippen LogP contribution in [-0.4, -0.2) is 28.6 Å². The first-order valence-corrected chi connectivity index (χ1v) is 18.9. The van der Waals surface area contributed by atoms with Crippen LogP contribution < -0.4 is 20.1 Å². The lowest BCUT2D eigenvalue weighted by atomic mass is 10.0. The second-order valence-corrected chi connectivity index (χ2v) is 15.1. The molecule has 6 aromatic rings. The summed E-state index contributed by atoms with van der Waals surface area (Å²) in [6.07, 6.45) is 0.590. The molecule has 0 bridgehead atoms. The minimum absolute atomic E-state index is 0.0933. The number of hydrogen-bond donors (Lipinski definition) is 4. The van der Waals surface area contributed by atoms with Gasteiger partial charge in [-0.3, -0.25) is 19.0 Å². The van der Waals surface area contributed by atoms with Crippen LogP contribution in [0, 0.1) is 11.6 Å². The number of carbonyl (C=O) groups is 2. The highest BCUT2D eigenvalue weighted by Crippen LogP contribution is 2.21. The van der Waals surface area contributed by atoms with Gasteiger partial charge in [-0.25, -0.2) is 25.6 Å². The number of hydrogen-bond acceptors (Lipinski definition) is 6. The van der Waals surface area contributed by atoms with Gasteiger partial charge in [-0.15, -0.1) is 0 Å². The van der Waals surface area contributed by atoms with Crippen LogP contribution in [0.2, 0.25) is 0 Å². The van der Waals surface area contributed by atoms with E-state index < -0.39 is 31.7 Å². The summed E-state index contributed by atoms with van der Waals surface area (Å²) < 4.78 is 81.3. The molecule has 0 atom stereocenters. The largest absolute Gasteiger partial charge is 0.322 e. The summed E-state index contributed by atoms with van der Waals surface area (Å²) in [6, 6.07) is 35.2. The Labute approximate surface area is 304 Å². The molecule has 4 N–H and O–H groups in total. The van der Waals surface area contributed by atoms with Crippen LogP contribution >= 0.6 is 0 Å². The fourth-order valence-corrected chi connectivity index (χ4v) is 7.21. The van der Waals surface area contributed by atoms with E-state index in [1.54, 1.807) is 24.3 Å². The van der Waals surface area contributed by atoms with Gasteiger partial charge in [0.1, 0.15) is 11.6 Å². The Bertz CT molecular complexity index is 2290. The molecule has 6 rings (SSSR count). The Balaban J connectivity index is 0.981. The molecule has 10 nitrogen and oxygen atoms in total. The molecule has 0 saturated heterocycles. The summed E-state index contributed by atoms with van der Waals surface area (Å²) >= 11 is 0. The molecule has 0 fully saturated rings. The normalized spacial score (nSPS) is 11.4. The molecule has 53 heavy (non-hydrogen) atoms. The third kappa shape index (κ3) is 9.49. The summed E-state index contributed by atoms with van der Waals surface area (Å²) in [5, 5.41) is 5.63. The molecule has 0 aromatic heterocycles. The highest BCUT2D eigenvalue weighted by molar-refractivity contribution is 7.93. The van der Waals surface area contributed by atoms with Gasteiger partial charge in [0.25, 0.3) is 31.9 Å². The predicted octanol–water partition coefficient (Wildman–Crippen LogP) is 7.66. The van der Waals surface area contributed by atoms with Gasteiger partial charge in [-0.05, 0) is 139 Å². The first kappa shape index (κ1) is 36.4. The van der Waals surface area contributed by atoms with Gasteiger partial charge in [0.05, 0.1) is 9.79 Å². The summed E-state index contributed by atoms with van der Waals surface area (Å²) in [4.78, 5) is 25.4. The van der Waals surface area contributed by atoms with Crippen LogP contribution in [0.5, 0.6) is 0 Å². The topological polar surface area (TPSA) is 151 Å². The lowest BCUT2D eigenvalue weighted by molar-refractivity contribution is 0.101. The molecule has 0 aliphatic rings. The van der Waals surface area contributed by atoms with Crippen molar-refractivity contribution in [2.75, 3.05) is 20.1 Å². The SMILES string of the molecule is O=C(Nc1ccc(Cc2ccc(NC(=O)c3ccc(NS(=O)(=O)c4ccc(F)cc4)cc3)cc2)cc1)c1ccc(NS(=O)(=O)c2ccc(F)cc2)cc1. The Morgan fingerprint density at radius 2 is 0.717 bits per heavy atom. The smallest absolute Gasteiger partial charge is 0.261 e. The summed E-state index contributed by atoms with van der Waals surface area (Å²) in [6.45, 7) is 0. The molecule has 0 radical (unpaired) electrons. The van der Waals surface area contributed by atoms with Crippen LogP contribution in [0.1, 0.15) is 31.8 Å². The maximum atomic E-state index is 13.2. The van der Waals surface area contributed by atoms with Crippen molar-refractivity contribution in [3.63, 3.8) is 0 Å². The highest BCUT2D eigenvalue weighted by atomic mass is 32.2. The number of benzene rings is 6. The molecule has 0 aliphatic carbocycles. The van der Waals surface area contributed by atoms with E-state index in [0.717, 1.165) is 59.7 Å². The second kappa shape index (κ2) is 15.5. The number of nitrogens with one attached hydrogen (secondary N) is 4. The van der Waals surface area contributed by atoms with Gasteiger partial charge < -0.3 is 10.6 Å². The monoisotopic (exact) mass is 752 g/mol. The van der Waals surface area contributed by atoms with Gasteiger partial charge >= 0.3 is 0 Å². The zero-order chi connectivity index (χ0) is 37.6. The lowest BCUT2D eigenvalue weighted by Gasteiger charge is -2.10. The van der Waals surface area contributed by atoms with Crippen molar-refractivity contribution in [3.05, 3.63) is 179 Å². The van der Waals surface area contributed by atoms with Crippen molar-refractivity contribution in [2.45, 2.75) is 16.2 Å². The third-order valence-corrected chi connectivity index (χ3v) is 10.7. The Kier molecular flexibility index (Phi) is 10.6. The molecule has 268 valence electrons. The Hall–Kier alpha value is -6.38. The third-order valence-electron chi connectivity index (χ3n) is 7.88. The first-order chi connectivity index (χ1) is 25.3. The van der Waals surface area contributed by atoms with E-state index in [9.17, 15) is 35.2 Å². The fraction of sp³-hybridized carbons (Fsp3) is 0.0256. The minimum Gasteiger partial charge on any atom is -0.322 e. The van der Waals surface area contributed by atoms with E-state index in [-0.39, 0.29) is 33.0 Å². The van der Waals surface area contributed by atoms with Crippen molar-refractivity contribution >= 4 is 54.6 Å². The van der Waals surface area contributed by atoms with E-state index in [4.69, 9.17) is 0 Å². The van der Waals surface area contributed by atoms with E-state index >= 15 is 0 Å². The van der Waals surface area contributed by atoms with Crippen molar-refractivity contribution < 1.29 is 35.2 Å². The summed E-state index contributed by atoms with van der Waals surface area (Å²) in [7, 11) is -7.85. The molecular formula is C39H30F2N4O6S2. The number of amides is 2. The van der Waals surface area contributed by atoms with Gasteiger partial charge in [0.2, 0.25) is 0 Å². The number of carbonyl (C=O) groups excluding carboxylic acids is 2. The first-order valence-electron chi connectivity index (χ1n) is 15.9. The average Bonchev–Trinajstić information content (AvgIpc) is 3.14. The van der Waals surface area contributed by atoms with Crippen LogP contribution in [0.3, 0.4) is 0 Å². The second-order valence-electron chi connectivity index (χ2n) is 11.8. The zero-order valence-electron chi connectivity index (χ0n) is 27.6. The van der Waals surface area contributed by atoms with Crippen LogP contribution in [0.4, 0.5) is 31.5 Å². The maximum absolute atomic E-state index is 13.2. The molecule has 6 aromatic carbocycles. The van der Waals surface area contributed by atoms with E-state index in [0.29, 0.717) is 28.9 Å². The molecule has 0 spiro atoms. The van der Waals surface area contributed by atoms with E-state index in [1.165, 1.54) is 48.5 Å². The van der Waals surface area contributed by atoms with E-state index in [1.807, 2.05) is 24.3 Å². The molecule has 0 saturated carbocycles. The number of rotatable bonds is 12. The van der Waals surface area contributed by atoms with Gasteiger partial charge in [0.15, 0.2) is 0 Å². The number of anilines is 4. The van der Waals surface area contributed by atoms with Crippen LogP contribution in [0.15, 0.2) is 155 Å². The Morgan fingerprint density at radius 3 is 1.04 bits per heavy atom.